The largest absolute Gasteiger partial charge is 0.392 e. The Labute approximate surface area is 74.4 Å². The number of aliphatic hydroxyl groups is 1. The number of hydrogen-bond donors (Lipinski definition) is 2. The van der Waals surface area contributed by atoms with Crippen molar-refractivity contribution in [3.05, 3.63) is 0 Å². The molecule has 1 aliphatic carbocycles. The summed E-state index contributed by atoms with van der Waals surface area (Å²) in [6.45, 7) is 3.91. The number of aliphatic hydroxyl groups excluding tert-OH is 1. The van der Waals surface area contributed by atoms with Gasteiger partial charge in [-0.05, 0) is 33.1 Å². The van der Waals surface area contributed by atoms with Crippen LogP contribution in [0.3, 0.4) is 0 Å². The van der Waals surface area contributed by atoms with Crippen LogP contribution in [0.4, 0.5) is 0 Å². The van der Waals surface area contributed by atoms with E-state index in [1.165, 1.54) is 0 Å². The summed E-state index contributed by atoms with van der Waals surface area (Å²) in [5.41, 5.74) is -0.296. The van der Waals surface area contributed by atoms with E-state index in [-0.39, 0.29) is 17.7 Å². The highest BCUT2D eigenvalue weighted by Crippen LogP contribution is 2.20. The van der Waals surface area contributed by atoms with Crippen LogP contribution in [0.2, 0.25) is 0 Å². The molecule has 2 atom stereocenters. The van der Waals surface area contributed by atoms with Crippen molar-refractivity contribution in [2.24, 2.45) is 0 Å². The fourth-order valence-electron chi connectivity index (χ4n) is 1.61. The summed E-state index contributed by atoms with van der Waals surface area (Å²) in [7, 11) is 0. The van der Waals surface area contributed by atoms with Crippen LogP contribution in [-0.4, -0.2) is 22.8 Å². The molecule has 0 amide bonds. The molecule has 0 saturated heterocycles. The van der Waals surface area contributed by atoms with E-state index in [2.05, 4.69) is 11.2 Å². The van der Waals surface area contributed by atoms with Gasteiger partial charge in [-0.25, -0.2) is 0 Å². The van der Waals surface area contributed by atoms with E-state index in [1.807, 2.05) is 13.8 Å². The quantitative estimate of drug-likeness (QED) is 0.599. The van der Waals surface area contributed by atoms with Crippen molar-refractivity contribution < 1.29 is 5.11 Å². The lowest BCUT2D eigenvalue weighted by molar-refractivity contribution is 0.139. The molecule has 2 N–H and O–H groups in total. The number of terminal acetylenes is 1. The van der Waals surface area contributed by atoms with Crippen molar-refractivity contribution in [3.8, 4) is 12.3 Å². The third kappa shape index (κ3) is 2.23. The average Bonchev–Trinajstić information content (AvgIpc) is 2.36. The third-order valence-electron chi connectivity index (χ3n) is 2.39. The summed E-state index contributed by atoms with van der Waals surface area (Å²) in [6, 6.07) is 0.191. The second-order valence-corrected chi connectivity index (χ2v) is 4.02. The molecule has 1 saturated carbocycles. The van der Waals surface area contributed by atoms with Crippen LogP contribution < -0.4 is 5.32 Å². The predicted octanol–water partition coefficient (Wildman–Crippen LogP) is 0.901. The molecule has 12 heavy (non-hydrogen) atoms. The second-order valence-electron chi connectivity index (χ2n) is 4.02. The molecule has 0 heterocycles. The van der Waals surface area contributed by atoms with E-state index >= 15 is 0 Å². The molecule has 0 radical (unpaired) electrons. The van der Waals surface area contributed by atoms with Crippen LogP contribution in [0.1, 0.15) is 33.1 Å². The lowest BCUT2D eigenvalue weighted by atomic mass is 10.0. The zero-order chi connectivity index (χ0) is 9.19. The predicted molar refractivity (Wildman–Crippen MR) is 49.7 cm³/mol. The zero-order valence-electron chi connectivity index (χ0n) is 7.80. The molecular weight excluding hydrogens is 150 g/mol. The van der Waals surface area contributed by atoms with Gasteiger partial charge in [0.1, 0.15) is 0 Å². The van der Waals surface area contributed by atoms with Gasteiger partial charge in [0.15, 0.2) is 0 Å². The van der Waals surface area contributed by atoms with Crippen molar-refractivity contribution in [1.29, 1.82) is 0 Å². The number of hydrogen-bond acceptors (Lipinski definition) is 2. The maximum absolute atomic E-state index is 9.52. The molecule has 1 rings (SSSR count). The van der Waals surface area contributed by atoms with Gasteiger partial charge in [-0.1, -0.05) is 5.92 Å². The molecule has 1 aliphatic rings. The van der Waals surface area contributed by atoms with E-state index in [0.29, 0.717) is 0 Å². The first-order valence-corrected chi connectivity index (χ1v) is 4.49. The molecule has 0 aliphatic heterocycles. The Hall–Kier alpha value is -0.520. The molecule has 0 unspecified atom stereocenters. The van der Waals surface area contributed by atoms with E-state index < -0.39 is 0 Å². The van der Waals surface area contributed by atoms with Crippen LogP contribution in [-0.2, 0) is 0 Å². The van der Waals surface area contributed by atoms with E-state index in [9.17, 15) is 5.11 Å². The molecule has 0 aromatic carbocycles. The standard InChI is InChI=1S/C10H17NO/c1-4-10(2,3)11-8-6-5-7-9(8)12/h1,8-9,11-12H,5-7H2,2-3H3/t8-,9-/m1/s1. The molecule has 0 aromatic rings. The Bertz CT molecular complexity index is 193. The van der Waals surface area contributed by atoms with Gasteiger partial charge in [-0.2, -0.15) is 0 Å². The van der Waals surface area contributed by atoms with Gasteiger partial charge in [0.05, 0.1) is 11.6 Å². The van der Waals surface area contributed by atoms with Gasteiger partial charge in [0, 0.05) is 6.04 Å². The number of rotatable bonds is 2. The van der Waals surface area contributed by atoms with Crippen molar-refractivity contribution in [2.45, 2.75) is 50.8 Å². The molecule has 0 spiro atoms. The summed E-state index contributed by atoms with van der Waals surface area (Å²) >= 11 is 0. The summed E-state index contributed by atoms with van der Waals surface area (Å²) < 4.78 is 0. The van der Waals surface area contributed by atoms with Crippen molar-refractivity contribution >= 4 is 0 Å². The summed E-state index contributed by atoms with van der Waals surface area (Å²) in [4.78, 5) is 0. The lowest BCUT2D eigenvalue weighted by Crippen LogP contribution is -2.48. The molecular formula is C10H17NO. The lowest BCUT2D eigenvalue weighted by Gasteiger charge is -2.26. The van der Waals surface area contributed by atoms with Crippen LogP contribution in [0.5, 0.6) is 0 Å². The fourth-order valence-corrected chi connectivity index (χ4v) is 1.61. The Balaban J connectivity index is 2.46. The van der Waals surface area contributed by atoms with Gasteiger partial charge in [0.25, 0.3) is 0 Å². The SMILES string of the molecule is C#CC(C)(C)N[C@@H]1CCC[C@H]1O. The minimum Gasteiger partial charge on any atom is -0.392 e. The normalized spacial score (nSPS) is 30.2. The highest BCUT2D eigenvalue weighted by molar-refractivity contribution is 5.09. The Kier molecular flexibility index (Phi) is 2.76. The Morgan fingerprint density at radius 2 is 2.17 bits per heavy atom. The van der Waals surface area contributed by atoms with Crippen LogP contribution >= 0.6 is 0 Å². The van der Waals surface area contributed by atoms with E-state index in [4.69, 9.17) is 6.42 Å². The Morgan fingerprint density at radius 1 is 1.50 bits per heavy atom. The fraction of sp³-hybridized carbons (Fsp3) is 0.800. The zero-order valence-corrected chi connectivity index (χ0v) is 7.80. The maximum Gasteiger partial charge on any atom is 0.0744 e. The highest BCUT2D eigenvalue weighted by atomic mass is 16.3. The van der Waals surface area contributed by atoms with Crippen molar-refractivity contribution in [3.63, 3.8) is 0 Å². The van der Waals surface area contributed by atoms with E-state index in [1.54, 1.807) is 0 Å². The summed E-state index contributed by atoms with van der Waals surface area (Å²) in [5.74, 6) is 2.67. The first-order valence-electron chi connectivity index (χ1n) is 4.49. The molecule has 1 fully saturated rings. The number of nitrogens with one attached hydrogen (secondary N) is 1. The second kappa shape index (κ2) is 3.47. The smallest absolute Gasteiger partial charge is 0.0744 e. The minimum absolute atomic E-state index is 0.191. The van der Waals surface area contributed by atoms with Crippen LogP contribution in [0.25, 0.3) is 0 Å². The molecule has 68 valence electrons. The Morgan fingerprint density at radius 3 is 2.58 bits per heavy atom. The van der Waals surface area contributed by atoms with Gasteiger partial charge in [-0.3, -0.25) is 5.32 Å². The summed E-state index contributed by atoms with van der Waals surface area (Å²) in [5, 5.41) is 12.8. The minimum atomic E-state index is -0.296. The third-order valence-corrected chi connectivity index (χ3v) is 2.39. The van der Waals surface area contributed by atoms with Gasteiger partial charge < -0.3 is 5.11 Å². The van der Waals surface area contributed by atoms with Crippen molar-refractivity contribution in [2.75, 3.05) is 0 Å². The van der Waals surface area contributed by atoms with Gasteiger partial charge in [0.2, 0.25) is 0 Å². The average molecular weight is 167 g/mol. The maximum atomic E-state index is 9.52. The highest BCUT2D eigenvalue weighted by Gasteiger charge is 2.29. The molecule has 2 nitrogen and oxygen atoms in total. The molecule has 2 heteroatoms. The first kappa shape index (κ1) is 9.57. The first-order chi connectivity index (χ1) is 5.55. The monoisotopic (exact) mass is 167 g/mol. The van der Waals surface area contributed by atoms with Crippen LogP contribution in [0.15, 0.2) is 0 Å². The van der Waals surface area contributed by atoms with Crippen LogP contribution in [0, 0.1) is 12.3 Å². The van der Waals surface area contributed by atoms with Gasteiger partial charge >= 0.3 is 0 Å². The van der Waals surface area contributed by atoms with E-state index in [0.717, 1.165) is 19.3 Å². The van der Waals surface area contributed by atoms with Gasteiger partial charge in [-0.15, -0.1) is 6.42 Å². The molecule has 0 aromatic heterocycles. The molecule has 0 bridgehead atoms. The topological polar surface area (TPSA) is 32.3 Å². The van der Waals surface area contributed by atoms with Crippen molar-refractivity contribution in [1.82, 2.24) is 5.32 Å². The summed E-state index contributed by atoms with van der Waals surface area (Å²) in [6.07, 6.45) is 8.16.